The van der Waals surface area contributed by atoms with Crippen molar-refractivity contribution < 1.29 is 9.53 Å². The van der Waals surface area contributed by atoms with E-state index in [0.717, 1.165) is 24.0 Å². The second-order valence-corrected chi connectivity index (χ2v) is 8.48. The van der Waals surface area contributed by atoms with Gasteiger partial charge in [0.1, 0.15) is 6.04 Å². The van der Waals surface area contributed by atoms with Gasteiger partial charge in [-0.2, -0.15) is 5.26 Å². The fraction of sp³-hybridized carbons (Fsp3) is 0.417. The summed E-state index contributed by atoms with van der Waals surface area (Å²) in [6, 6.07) is 16.8. The van der Waals surface area contributed by atoms with E-state index in [1.807, 2.05) is 12.1 Å². The average molecular weight is 387 g/mol. The molecule has 2 fully saturated rings. The maximum absolute atomic E-state index is 12.6. The van der Waals surface area contributed by atoms with Gasteiger partial charge in [-0.1, -0.05) is 36.4 Å². The summed E-state index contributed by atoms with van der Waals surface area (Å²) < 4.78 is 5.50. The molecule has 1 saturated carbocycles. The smallest absolute Gasteiger partial charge is 0.238 e. The lowest BCUT2D eigenvalue weighted by molar-refractivity contribution is -0.124. The van der Waals surface area contributed by atoms with E-state index < -0.39 is 6.04 Å². The number of amides is 1. The van der Waals surface area contributed by atoms with Crippen LogP contribution in [0.2, 0.25) is 0 Å². The standard InChI is InChI=1S/C24H25N3O2/c25-12-22(27-24(28)23-18-7-8-21(11-18)26-23)9-15-1-3-16(4-2-15)17-5-6-19-13-29-14-20(19)10-17/h1-6,10,18,21-23,26H,7-9,11,13-14H2,(H,27,28)/t18?,21?,22-,23?/m0/s1. The Morgan fingerprint density at radius 2 is 1.93 bits per heavy atom. The van der Waals surface area contributed by atoms with Gasteiger partial charge >= 0.3 is 0 Å². The summed E-state index contributed by atoms with van der Waals surface area (Å²) in [5.41, 5.74) is 5.89. The van der Waals surface area contributed by atoms with Crippen LogP contribution in [0.25, 0.3) is 11.1 Å². The second kappa shape index (κ2) is 7.62. The molecule has 3 unspecified atom stereocenters. The van der Waals surface area contributed by atoms with E-state index in [1.54, 1.807) is 0 Å². The summed E-state index contributed by atoms with van der Waals surface area (Å²) in [4.78, 5) is 12.6. The van der Waals surface area contributed by atoms with Crippen molar-refractivity contribution in [3.05, 3.63) is 59.2 Å². The number of carbonyl (C=O) groups is 1. The maximum atomic E-state index is 12.6. The van der Waals surface area contributed by atoms with Crippen LogP contribution in [0.15, 0.2) is 42.5 Å². The predicted molar refractivity (Wildman–Crippen MR) is 110 cm³/mol. The molecule has 0 spiro atoms. The van der Waals surface area contributed by atoms with Gasteiger partial charge < -0.3 is 15.4 Å². The molecule has 1 amide bonds. The van der Waals surface area contributed by atoms with Crippen molar-refractivity contribution in [2.24, 2.45) is 5.92 Å². The largest absolute Gasteiger partial charge is 0.372 e. The fourth-order valence-electron chi connectivity index (χ4n) is 4.96. The van der Waals surface area contributed by atoms with Gasteiger partial charge in [-0.15, -0.1) is 0 Å². The zero-order valence-electron chi connectivity index (χ0n) is 16.4. The highest BCUT2D eigenvalue weighted by Gasteiger charge is 2.43. The van der Waals surface area contributed by atoms with Crippen LogP contribution in [0.1, 0.15) is 36.0 Å². The first-order valence-electron chi connectivity index (χ1n) is 10.4. The Labute approximate surface area is 171 Å². The summed E-state index contributed by atoms with van der Waals surface area (Å²) in [7, 11) is 0. The first-order valence-corrected chi connectivity index (χ1v) is 10.4. The van der Waals surface area contributed by atoms with E-state index in [1.165, 1.54) is 23.1 Å². The van der Waals surface area contributed by atoms with Crippen LogP contribution in [0.3, 0.4) is 0 Å². The number of nitrogens with zero attached hydrogens (tertiary/aromatic N) is 1. The van der Waals surface area contributed by atoms with E-state index in [2.05, 4.69) is 47.0 Å². The van der Waals surface area contributed by atoms with Gasteiger partial charge in [0.05, 0.1) is 25.3 Å². The quantitative estimate of drug-likeness (QED) is 0.827. The van der Waals surface area contributed by atoms with Crippen molar-refractivity contribution in [3.63, 3.8) is 0 Å². The van der Waals surface area contributed by atoms with Crippen LogP contribution in [0.4, 0.5) is 0 Å². The molecule has 2 N–H and O–H groups in total. The van der Waals surface area contributed by atoms with Crippen molar-refractivity contribution in [2.45, 2.75) is 57.0 Å². The molecule has 3 aliphatic rings. The van der Waals surface area contributed by atoms with Crippen molar-refractivity contribution in [1.82, 2.24) is 10.6 Å². The molecule has 5 heteroatoms. The molecule has 1 aliphatic carbocycles. The molecule has 2 bridgehead atoms. The minimum atomic E-state index is -0.508. The zero-order chi connectivity index (χ0) is 19.8. The van der Waals surface area contributed by atoms with Crippen LogP contribution in [-0.4, -0.2) is 24.0 Å². The Morgan fingerprint density at radius 1 is 1.14 bits per heavy atom. The fourth-order valence-corrected chi connectivity index (χ4v) is 4.96. The Balaban J connectivity index is 1.23. The summed E-state index contributed by atoms with van der Waals surface area (Å²) >= 11 is 0. The van der Waals surface area contributed by atoms with Crippen LogP contribution in [-0.2, 0) is 29.2 Å². The first-order chi connectivity index (χ1) is 14.2. The van der Waals surface area contributed by atoms with Gasteiger partial charge in [0, 0.05) is 12.5 Å². The lowest BCUT2D eigenvalue weighted by atomic mass is 9.97. The Morgan fingerprint density at radius 3 is 2.66 bits per heavy atom. The highest BCUT2D eigenvalue weighted by atomic mass is 16.5. The van der Waals surface area contributed by atoms with Gasteiger partial charge in [-0.3, -0.25) is 4.79 Å². The topological polar surface area (TPSA) is 74.1 Å². The molecule has 2 aliphatic heterocycles. The molecule has 5 nitrogen and oxygen atoms in total. The Kier molecular flexibility index (Phi) is 4.83. The molecular formula is C24H25N3O2. The van der Waals surface area contributed by atoms with E-state index in [-0.39, 0.29) is 11.9 Å². The van der Waals surface area contributed by atoms with E-state index in [4.69, 9.17) is 4.74 Å². The van der Waals surface area contributed by atoms with Crippen molar-refractivity contribution in [2.75, 3.05) is 0 Å². The summed E-state index contributed by atoms with van der Waals surface area (Å²) in [6.45, 7) is 1.38. The van der Waals surface area contributed by atoms with Crippen LogP contribution < -0.4 is 10.6 Å². The molecule has 2 heterocycles. The number of nitriles is 1. The zero-order valence-corrected chi connectivity index (χ0v) is 16.4. The average Bonchev–Trinajstić information content (AvgIpc) is 3.50. The number of nitrogens with one attached hydrogen (secondary N) is 2. The summed E-state index contributed by atoms with van der Waals surface area (Å²) in [6.07, 6.45) is 3.88. The van der Waals surface area contributed by atoms with Crippen molar-refractivity contribution >= 4 is 5.91 Å². The highest BCUT2D eigenvalue weighted by molar-refractivity contribution is 5.83. The molecule has 148 valence electrons. The van der Waals surface area contributed by atoms with Gasteiger partial charge in [-0.05, 0) is 59.1 Å². The third-order valence-corrected chi connectivity index (χ3v) is 6.56. The van der Waals surface area contributed by atoms with Gasteiger partial charge in [-0.25, -0.2) is 0 Å². The number of benzene rings is 2. The normalized spacial score (nSPS) is 25.4. The molecule has 0 aromatic heterocycles. The van der Waals surface area contributed by atoms with Gasteiger partial charge in [0.15, 0.2) is 0 Å². The number of rotatable bonds is 5. The number of fused-ring (bicyclic) bond motifs is 3. The SMILES string of the molecule is N#C[C@H](Cc1ccc(-c2ccc3c(c2)COC3)cc1)NC(=O)C1NC2CCC1C2. The molecule has 5 rings (SSSR count). The highest BCUT2D eigenvalue weighted by Crippen LogP contribution is 2.35. The summed E-state index contributed by atoms with van der Waals surface area (Å²) in [5.74, 6) is 0.400. The predicted octanol–water partition coefficient (Wildman–Crippen LogP) is 3.08. The van der Waals surface area contributed by atoms with E-state index in [0.29, 0.717) is 31.6 Å². The minimum absolute atomic E-state index is 0.0271. The molecular weight excluding hydrogens is 362 g/mol. The van der Waals surface area contributed by atoms with Gasteiger partial charge in [0.2, 0.25) is 5.91 Å². The number of piperidine rings is 1. The third-order valence-electron chi connectivity index (χ3n) is 6.56. The summed E-state index contributed by atoms with van der Waals surface area (Å²) in [5, 5.41) is 15.9. The molecule has 29 heavy (non-hydrogen) atoms. The first kappa shape index (κ1) is 18.4. The third kappa shape index (κ3) is 3.66. The molecule has 2 aromatic carbocycles. The monoisotopic (exact) mass is 387 g/mol. The van der Waals surface area contributed by atoms with E-state index in [9.17, 15) is 10.1 Å². The number of carbonyl (C=O) groups excluding carboxylic acids is 1. The second-order valence-electron chi connectivity index (χ2n) is 8.48. The molecule has 1 saturated heterocycles. The maximum Gasteiger partial charge on any atom is 0.238 e. The van der Waals surface area contributed by atoms with Crippen LogP contribution in [0.5, 0.6) is 0 Å². The molecule has 2 aromatic rings. The minimum Gasteiger partial charge on any atom is -0.372 e. The number of hydrogen-bond acceptors (Lipinski definition) is 4. The Bertz CT molecular complexity index is 963. The van der Waals surface area contributed by atoms with Crippen LogP contribution >= 0.6 is 0 Å². The van der Waals surface area contributed by atoms with Crippen LogP contribution in [0, 0.1) is 17.2 Å². The van der Waals surface area contributed by atoms with Crippen molar-refractivity contribution in [3.8, 4) is 17.2 Å². The number of ether oxygens (including phenoxy) is 1. The van der Waals surface area contributed by atoms with Gasteiger partial charge in [0.25, 0.3) is 0 Å². The lowest BCUT2D eigenvalue weighted by Crippen LogP contribution is -2.50. The molecule has 0 radical (unpaired) electrons. The van der Waals surface area contributed by atoms with Crippen molar-refractivity contribution in [1.29, 1.82) is 5.26 Å². The Hall–Kier alpha value is -2.68. The lowest BCUT2D eigenvalue weighted by Gasteiger charge is -2.23. The van der Waals surface area contributed by atoms with E-state index >= 15 is 0 Å². The number of hydrogen-bond donors (Lipinski definition) is 2. The molecule has 4 atom stereocenters.